The van der Waals surface area contributed by atoms with E-state index < -0.39 is 5.97 Å². The maximum absolute atomic E-state index is 10.0. The number of rotatable bonds is 8. The number of aliphatic hydroxyl groups excluding tert-OH is 1. The van der Waals surface area contributed by atoms with Gasteiger partial charge in [0, 0.05) is 6.42 Å². The van der Waals surface area contributed by atoms with Gasteiger partial charge in [-0.05, 0) is 25.2 Å². The Labute approximate surface area is 132 Å². The molecule has 0 amide bonds. The van der Waals surface area contributed by atoms with Gasteiger partial charge in [0.1, 0.15) is 0 Å². The molecule has 3 heteroatoms. The lowest BCUT2D eigenvalue weighted by Crippen LogP contribution is -2.07. The van der Waals surface area contributed by atoms with Gasteiger partial charge >= 0.3 is 5.97 Å². The highest BCUT2D eigenvalue weighted by Gasteiger charge is 1.97. The second kappa shape index (κ2) is 19.2. The summed E-state index contributed by atoms with van der Waals surface area (Å²) in [6, 6.07) is 0. The molecule has 0 aromatic heterocycles. The van der Waals surface area contributed by atoms with Crippen LogP contribution in [0.15, 0.2) is 12.7 Å². The molecule has 0 aromatic carbocycles. The minimum atomic E-state index is -0.670. The van der Waals surface area contributed by atoms with Gasteiger partial charge in [-0.2, -0.15) is 0 Å². The third-order valence-corrected chi connectivity index (χ3v) is 2.93. The van der Waals surface area contributed by atoms with Crippen LogP contribution in [0, 0.1) is 11.8 Å². The van der Waals surface area contributed by atoms with Gasteiger partial charge in [0.2, 0.25) is 0 Å². The molecule has 0 aliphatic carbocycles. The Morgan fingerprint density at radius 1 is 1.05 bits per heavy atom. The Kier molecular flexibility index (Phi) is 23.0. The molecular formula is C18H38O3. The first-order valence-corrected chi connectivity index (χ1v) is 8.21. The van der Waals surface area contributed by atoms with E-state index in [-0.39, 0.29) is 6.10 Å². The van der Waals surface area contributed by atoms with E-state index in [9.17, 15) is 4.79 Å². The minimum absolute atomic E-state index is 0.148. The van der Waals surface area contributed by atoms with Crippen molar-refractivity contribution >= 4 is 5.97 Å². The van der Waals surface area contributed by atoms with E-state index in [2.05, 4.69) is 27.4 Å². The number of aliphatic carboxylic acids is 1. The number of aliphatic hydroxyl groups is 1. The zero-order valence-corrected chi connectivity index (χ0v) is 15.1. The first-order chi connectivity index (χ1) is 9.68. The van der Waals surface area contributed by atoms with Gasteiger partial charge in [-0.15, -0.1) is 6.58 Å². The predicted molar refractivity (Wildman–Crippen MR) is 92.6 cm³/mol. The molecule has 0 aliphatic rings. The van der Waals surface area contributed by atoms with Crippen molar-refractivity contribution < 1.29 is 15.0 Å². The van der Waals surface area contributed by atoms with E-state index in [1.165, 1.54) is 19.3 Å². The standard InChI is InChI=1S/C8H16O2.C5H12O.C5H10/c1-2-3-4-5-6-7-8(9)10;1-4(2)5(3)6;1-4-5(2)3/h2-7H2,1H3,(H,9,10);4-6H,1-3H3;4-5H,1H2,2-3H3. The number of hydrogen-bond acceptors (Lipinski definition) is 2. The van der Waals surface area contributed by atoms with E-state index in [0.29, 0.717) is 18.3 Å². The average molecular weight is 302 g/mol. The Bertz CT molecular complexity index is 215. The summed E-state index contributed by atoms with van der Waals surface area (Å²) in [6.45, 7) is 15.7. The van der Waals surface area contributed by atoms with Gasteiger partial charge < -0.3 is 10.2 Å². The van der Waals surface area contributed by atoms with Gasteiger partial charge in [-0.1, -0.05) is 66.4 Å². The highest BCUT2D eigenvalue weighted by atomic mass is 16.4. The monoisotopic (exact) mass is 302 g/mol. The molecule has 3 nitrogen and oxygen atoms in total. The first-order valence-electron chi connectivity index (χ1n) is 8.21. The fourth-order valence-corrected chi connectivity index (χ4v) is 0.880. The zero-order chi connectivity index (χ0) is 17.3. The lowest BCUT2D eigenvalue weighted by Gasteiger charge is -2.04. The quantitative estimate of drug-likeness (QED) is 0.473. The lowest BCUT2D eigenvalue weighted by molar-refractivity contribution is -0.137. The fourth-order valence-electron chi connectivity index (χ4n) is 0.880. The molecule has 1 unspecified atom stereocenters. The average Bonchev–Trinajstić information content (AvgIpc) is 2.39. The summed E-state index contributed by atoms with van der Waals surface area (Å²) in [4.78, 5) is 10.0. The van der Waals surface area contributed by atoms with Crippen molar-refractivity contribution in [1.82, 2.24) is 0 Å². The summed E-state index contributed by atoms with van der Waals surface area (Å²) in [5.74, 6) is 0.386. The number of carboxylic acid groups (broad SMARTS) is 1. The van der Waals surface area contributed by atoms with E-state index in [0.717, 1.165) is 12.8 Å². The van der Waals surface area contributed by atoms with Crippen molar-refractivity contribution in [3.63, 3.8) is 0 Å². The van der Waals surface area contributed by atoms with Crippen LogP contribution in [0.3, 0.4) is 0 Å². The molecule has 21 heavy (non-hydrogen) atoms. The second-order valence-electron chi connectivity index (χ2n) is 6.02. The number of hydrogen-bond donors (Lipinski definition) is 2. The van der Waals surface area contributed by atoms with Crippen LogP contribution in [-0.2, 0) is 4.79 Å². The highest BCUT2D eigenvalue weighted by Crippen LogP contribution is 2.04. The summed E-state index contributed by atoms with van der Waals surface area (Å²) in [6.07, 6.45) is 7.65. The Morgan fingerprint density at radius 2 is 1.43 bits per heavy atom. The molecule has 0 fully saturated rings. The van der Waals surface area contributed by atoms with Gasteiger partial charge in [-0.3, -0.25) is 4.79 Å². The normalized spacial score (nSPS) is 11.1. The van der Waals surface area contributed by atoms with Crippen molar-refractivity contribution in [3.8, 4) is 0 Å². The van der Waals surface area contributed by atoms with Gasteiger partial charge in [-0.25, -0.2) is 0 Å². The number of allylic oxidation sites excluding steroid dienone is 1. The summed E-state index contributed by atoms with van der Waals surface area (Å²) < 4.78 is 0. The van der Waals surface area contributed by atoms with Crippen LogP contribution in [0.5, 0.6) is 0 Å². The summed E-state index contributed by atoms with van der Waals surface area (Å²) in [7, 11) is 0. The molecule has 0 aliphatic heterocycles. The fraction of sp³-hybridized carbons (Fsp3) is 0.833. The summed E-state index contributed by atoms with van der Waals surface area (Å²) in [5, 5.41) is 16.9. The smallest absolute Gasteiger partial charge is 0.303 e. The number of carbonyl (C=O) groups is 1. The molecule has 0 bridgehead atoms. The molecule has 0 heterocycles. The van der Waals surface area contributed by atoms with E-state index in [1.54, 1.807) is 6.92 Å². The SMILES string of the molecule is C=CC(C)C.CC(C)C(C)O.CCCCCCCC(=O)O. The van der Waals surface area contributed by atoms with Crippen molar-refractivity contribution in [2.45, 2.75) is 86.2 Å². The van der Waals surface area contributed by atoms with Crippen LogP contribution in [0.4, 0.5) is 0 Å². The van der Waals surface area contributed by atoms with Crippen LogP contribution >= 0.6 is 0 Å². The highest BCUT2D eigenvalue weighted by molar-refractivity contribution is 5.66. The molecule has 0 radical (unpaired) electrons. The molecule has 1 atom stereocenters. The van der Waals surface area contributed by atoms with Crippen LogP contribution in [0.1, 0.15) is 80.1 Å². The number of unbranched alkanes of at least 4 members (excludes halogenated alkanes) is 4. The maximum Gasteiger partial charge on any atom is 0.303 e. The maximum atomic E-state index is 10.0. The Balaban J connectivity index is -0.000000252. The topological polar surface area (TPSA) is 57.5 Å². The molecular weight excluding hydrogens is 264 g/mol. The molecule has 2 N–H and O–H groups in total. The third-order valence-electron chi connectivity index (χ3n) is 2.93. The van der Waals surface area contributed by atoms with Crippen molar-refractivity contribution in [3.05, 3.63) is 12.7 Å². The predicted octanol–water partition coefficient (Wildman–Crippen LogP) is 5.28. The van der Waals surface area contributed by atoms with E-state index >= 15 is 0 Å². The van der Waals surface area contributed by atoms with Crippen LogP contribution in [0.25, 0.3) is 0 Å². The Morgan fingerprint density at radius 3 is 1.67 bits per heavy atom. The lowest BCUT2D eigenvalue weighted by atomic mass is 10.1. The third kappa shape index (κ3) is 38.2. The van der Waals surface area contributed by atoms with Gasteiger partial charge in [0.15, 0.2) is 0 Å². The molecule has 128 valence electrons. The molecule has 0 rings (SSSR count). The van der Waals surface area contributed by atoms with Crippen molar-refractivity contribution in [2.75, 3.05) is 0 Å². The van der Waals surface area contributed by atoms with Crippen LogP contribution < -0.4 is 0 Å². The van der Waals surface area contributed by atoms with Crippen LogP contribution in [0.2, 0.25) is 0 Å². The summed E-state index contributed by atoms with van der Waals surface area (Å²) >= 11 is 0. The molecule has 0 saturated carbocycles. The van der Waals surface area contributed by atoms with Gasteiger partial charge in [0.25, 0.3) is 0 Å². The zero-order valence-electron chi connectivity index (χ0n) is 15.1. The van der Waals surface area contributed by atoms with E-state index in [4.69, 9.17) is 10.2 Å². The first kappa shape index (κ1) is 25.1. The molecule has 0 aromatic rings. The van der Waals surface area contributed by atoms with Crippen molar-refractivity contribution in [2.24, 2.45) is 11.8 Å². The Hall–Kier alpha value is -0.830. The summed E-state index contributed by atoms with van der Waals surface area (Å²) in [5.41, 5.74) is 0. The molecule has 0 spiro atoms. The van der Waals surface area contributed by atoms with Crippen molar-refractivity contribution in [1.29, 1.82) is 0 Å². The van der Waals surface area contributed by atoms with Gasteiger partial charge in [0.05, 0.1) is 6.10 Å². The van der Waals surface area contributed by atoms with Crippen LogP contribution in [-0.4, -0.2) is 22.3 Å². The minimum Gasteiger partial charge on any atom is -0.481 e. The number of carboxylic acids is 1. The largest absolute Gasteiger partial charge is 0.481 e. The second-order valence-corrected chi connectivity index (χ2v) is 6.02. The van der Waals surface area contributed by atoms with E-state index in [1.807, 2.05) is 19.9 Å². The molecule has 0 saturated heterocycles.